The van der Waals surface area contributed by atoms with Crippen LogP contribution < -0.4 is 14.9 Å². The minimum absolute atomic E-state index is 0.139. The van der Waals surface area contributed by atoms with E-state index in [1.807, 2.05) is 0 Å². The van der Waals surface area contributed by atoms with Crippen LogP contribution >= 0.6 is 0 Å². The quantitative estimate of drug-likeness (QED) is 0.145. The predicted molar refractivity (Wildman–Crippen MR) is 130 cm³/mol. The fourth-order valence-electron chi connectivity index (χ4n) is 4.34. The standard InChI is InChI=1S/C25H26O16/c26-8-3-1-7(2-4-8)20-21(39-25-19(34)15(30)17(32)23(36)41-25)13(28)12-10(27)5-9(6-11(12)38-20)37-24-18(33)14(29)16(31)22(35)40-24/h1-6,14-19,22-27,29-36H/t14-,15-,16+,17+,18+,19+,22+,23+,24?,25?/m0/s1. The number of benzene rings is 2. The van der Waals surface area contributed by atoms with Gasteiger partial charge >= 0.3 is 0 Å². The van der Waals surface area contributed by atoms with Crippen molar-refractivity contribution in [2.75, 3.05) is 0 Å². The number of hydrogen-bond donors (Lipinski definition) is 10. The molecule has 2 unspecified atom stereocenters. The van der Waals surface area contributed by atoms with E-state index in [2.05, 4.69) is 0 Å². The second-order valence-electron chi connectivity index (χ2n) is 9.42. The zero-order valence-electron chi connectivity index (χ0n) is 20.7. The maximum Gasteiger partial charge on any atom is 0.239 e. The minimum atomic E-state index is -1.99. The summed E-state index contributed by atoms with van der Waals surface area (Å²) in [6.45, 7) is 0. The molecule has 3 heterocycles. The van der Waals surface area contributed by atoms with Gasteiger partial charge in [-0.2, -0.15) is 0 Å². The topological polar surface area (TPSA) is 269 Å². The number of hydrogen-bond acceptors (Lipinski definition) is 16. The first-order chi connectivity index (χ1) is 19.4. The zero-order chi connectivity index (χ0) is 29.7. The van der Waals surface area contributed by atoms with E-state index in [1.54, 1.807) is 0 Å². The van der Waals surface area contributed by atoms with Gasteiger partial charge in [-0.25, -0.2) is 0 Å². The Hall–Kier alpha value is -3.55. The van der Waals surface area contributed by atoms with Gasteiger partial charge in [0.05, 0.1) is 0 Å². The Balaban J connectivity index is 1.58. The molecule has 2 fully saturated rings. The van der Waals surface area contributed by atoms with Crippen LogP contribution in [0.2, 0.25) is 0 Å². The van der Waals surface area contributed by atoms with Crippen LogP contribution in [0.1, 0.15) is 0 Å². The highest BCUT2D eigenvalue weighted by molar-refractivity contribution is 5.88. The summed E-state index contributed by atoms with van der Waals surface area (Å²) >= 11 is 0. The smallest absolute Gasteiger partial charge is 0.239 e. The second kappa shape index (κ2) is 11.0. The molecule has 10 atom stereocenters. The lowest BCUT2D eigenvalue weighted by Gasteiger charge is -2.38. The number of rotatable bonds is 5. The molecular formula is C25H26O16. The normalized spacial score (nSPS) is 34.0. The van der Waals surface area contributed by atoms with E-state index in [4.69, 9.17) is 23.4 Å². The van der Waals surface area contributed by atoms with E-state index >= 15 is 0 Å². The first-order valence-electron chi connectivity index (χ1n) is 12.1. The summed E-state index contributed by atoms with van der Waals surface area (Å²) < 4.78 is 26.8. The Morgan fingerprint density at radius 1 is 0.659 bits per heavy atom. The van der Waals surface area contributed by atoms with E-state index < -0.39 is 84.1 Å². The molecule has 2 aliphatic heterocycles. The molecule has 1 aromatic heterocycles. The van der Waals surface area contributed by atoms with Crippen molar-refractivity contribution in [2.45, 2.75) is 61.8 Å². The Bertz CT molecular complexity index is 1460. The van der Waals surface area contributed by atoms with Crippen LogP contribution in [-0.4, -0.2) is 113 Å². The molecule has 0 amide bonds. The van der Waals surface area contributed by atoms with Crippen LogP contribution in [0.5, 0.6) is 23.0 Å². The first-order valence-corrected chi connectivity index (χ1v) is 12.1. The molecule has 0 aliphatic carbocycles. The van der Waals surface area contributed by atoms with E-state index in [0.29, 0.717) is 0 Å². The van der Waals surface area contributed by atoms with Crippen molar-refractivity contribution in [1.82, 2.24) is 0 Å². The third kappa shape index (κ3) is 5.29. The molecule has 5 rings (SSSR count). The van der Waals surface area contributed by atoms with E-state index in [0.717, 1.165) is 12.1 Å². The summed E-state index contributed by atoms with van der Waals surface area (Å²) in [7, 11) is 0. The minimum Gasteiger partial charge on any atom is -0.508 e. The monoisotopic (exact) mass is 582 g/mol. The van der Waals surface area contributed by atoms with Crippen LogP contribution in [0.15, 0.2) is 45.6 Å². The Kier molecular flexibility index (Phi) is 7.79. The lowest BCUT2D eigenvalue weighted by molar-refractivity contribution is -0.321. The Labute approximate surface area is 228 Å². The number of aliphatic hydroxyl groups is 8. The fraction of sp³-hybridized carbons (Fsp3) is 0.400. The van der Waals surface area contributed by atoms with E-state index in [9.17, 15) is 55.9 Å². The van der Waals surface area contributed by atoms with Gasteiger partial charge in [0.25, 0.3) is 0 Å². The highest BCUT2D eigenvalue weighted by atomic mass is 16.8. The SMILES string of the molecule is O=c1c(OC2O[C@@H](O)[C@H](O)[C@H](O)[C@H]2O)c(-c2ccc(O)cc2)oc2cc(OC3O[C@@H](O)[C@H](O)[C@H](O)[C@H]3O)cc(O)c12. The van der Waals surface area contributed by atoms with Crippen LogP contribution in [0.25, 0.3) is 22.3 Å². The number of phenols is 2. The van der Waals surface area contributed by atoms with Crippen molar-refractivity contribution < 1.29 is 74.4 Å². The van der Waals surface area contributed by atoms with Gasteiger partial charge in [0.15, 0.2) is 18.3 Å². The number of phenolic OH excluding ortho intramolecular Hbond substituents is 2. The van der Waals surface area contributed by atoms with Gasteiger partial charge < -0.3 is 74.4 Å². The lowest BCUT2D eigenvalue weighted by atomic mass is 10.0. The first kappa shape index (κ1) is 29.0. The molecule has 16 nitrogen and oxygen atoms in total. The molecule has 0 saturated carbocycles. The third-order valence-corrected chi connectivity index (χ3v) is 6.61. The van der Waals surface area contributed by atoms with Crippen LogP contribution in [0, 0.1) is 0 Å². The average Bonchev–Trinajstić information content (AvgIpc) is 2.93. The highest BCUT2D eigenvalue weighted by Gasteiger charge is 2.46. The molecule has 10 N–H and O–H groups in total. The molecule has 2 aromatic carbocycles. The molecule has 0 bridgehead atoms. The number of ether oxygens (including phenoxy) is 4. The van der Waals surface area contributed by atoms with Crippen molar-refractivity contribution in [3.63, 3.8) is 0 Å². The van der Waals surface area contributed by atoms with Crippen LogP contribution in [0.4, 0.5) is 0 Å². The van der Waals surface area contributed by atoms with Crippen molar-refractivity contribution in [1.29, 1.82) is 0 Å². The Morgan fingerprint density at radius 3 is 1.76 bits per heavy atom. The molecule has 2 aliphatic rings. The number of fused-ring (bicyclic) bond motifs is 1. The lowest BCUT2D eigenvalue weighted by Crippen LogP contribution is -2.59. The molecule has 2 saturated heterocycles. The molecule has 0 spiro atoms. The summed E-state index contributed by atoms with van der Waals surface area (Å²) in [5, 5.41) is 99.4. The molecule has 41 heavy (non-hydrogen) atoms. The van der Waals surface area contributed by atoms with Gasteiger partial charge in [0.2, 0.25) is 23.8 Å². The van der Waals surface area contributed by atoms with Crippen molar-refractivity contribution >= 4 is 11.0 Å². The maximum atomic E-state index is 13.6. The number of aliphatic hydroxyl groups excluding tert-OH is 8. The highest BCUT2D eigenvalue weighted by Crippen LogP contribution is 2.38. The summed E-state index contributed by atoms with van der Waals surface area (Å²) in [5.74, 6) is -2.12. The molecule has 0 radical (unpaired) electrons. The van der Waals surface area contributed by atoms with Gasteiger partial charge in [0.1, 0.15) is 64.8 Å². The largest absolute Gasteiger partial charge is 0.508 e. The number of aromatic hydroxyl groups is 2. The third-order valence-electron chi connectivity index (χ3n) is 6.61. The van der Waals surface area contributed by atoms with Crippen molar-refractivity contribution in [2.24, 2.45) is 0 Å². The zero-order valence-corrected chi connectivity index (χ0v) is 20.7. The van der Waals surface area contributed by atoms with Gasteiger partial charge in [0, 0.05) is 17.7 Å². The molecule has 222 valence electrons. The summed E-state index contributed by atoms with van der Waals surface area (Å²) in [6, 6.07) is 7.18. The molecular weight excluding hydrogens is 556 g/mol. The summed E-state index contributed by atoms with van der Waals surface area (Å²) in [6.07, 6.45) is -18.7. The van der Waals surface area contributed by atoms with Gasteiger partial charge in [-0.15, -0.1) is 0 Å². The summed E-state index contributed by atoms with van der Waals surface area (Å²) in [5.41, 5.74) is -1.19. The fourth-order valence-corrected chi connectivity index (χ4v) is 4.34. The maximum absolute atomic E-state index is 13.6. The van der Waals surface area contributed by atoms with E-state index in [1.165, 1.54) is 24.3 Å². The van der Waals surface area contributed by atoms with Crippen molar-refractivity contribution in [3.8, 4) is 34.3 Å². The van der Waals surface area contributed by atoms with Crippen molar-refractivity contribution in [3.05, 3.63) is 46.6 Å². The van der Waals surface area contributed by atoms with Crippen LogP contribution in [-0.2, 0) is 9.47 Å². The second-order valence-corrected chi connectivity index (χ2v) is 9.42. The predicted octanol–water partition coefficient (Wildman–Crippen LogP) is -2.86. The molecule has 16 heteroatoms. The van der Waals surface area contributed by atoms with Gasteiger partial charge in [-0.05, 0) is 24.3 Å². The molecule has 3 aromatic rings. The average molecular weight is 582 g/mol. The van der Waals surface area contributed by atoms with E-state index in [-0.39, 0.29) is 28.4 Å². The van der Waals surface area contributed by atoms with Crippen LogP contribution in [0.3, 0.4) is 0 Å². The van der Waals surface area contributed by atoms with Gasteiger partial charge in [-0.1, -0.05) is 0 Å². The Morgan fingerprint density at radius 2 is 1.20 bits per heavy atom. The van der Waals surface area contributed by atoms with Gasteiger partial charge in [-0.3, -0.25) is 4.79 Å². The summed E-state index contributed by atoms with van der Waals surface area (Å²) in [4.78, 5) is 13.6.